The molecule has 7 aromatic carbocycles. The molecule has 0 spiro atoms. The van der Waals surface area contributed by atoms with Crippen molar-refractivity contribution in [1.29, 1.82) is 0 Å². The summed E-state index contributed by atoms with van der Waals surface area (Å²) in [7, 11) is 0. The Labute approximate surface area is 293 Å². The van der Waals surface area contributed by atoms with Gasteiger partial charge in [-0.2, -0.15) is 0 Å². The first-order chi connectivity index (χ1) is 24.3. The predicted molar refractivity (Wildman–Crippen MR) is 213 cm³/mol. The summed E-state index contributed by atoms with van der Waals surface area (Å²) < 4.78 is 5.00. The minimum absolute atomic E-state index is 0.0559. The molecule has 10 rings (SSSR count). The van der Waals surface area contributed by atoms with Crippen LogP contribution >= 0.6 is 0 Å². The highest BCUT2D eigenvalue weighted by atomic mass is 15.0. The lowest BCUT2D eigenvalue weighted by atomic mass is 9.62. The van der Waals surface area contributed by atoms with Crippen LogP contribution in [0.4, 0.5) is 0 Å². The second-order valence-electron chi connectivity index (χ2n) is 15.6. The standard InChI is InChI=1S/C48H40N2/c1-47(2)27-28-48(3,4)46-39(47)24-26-41-45(46)38-29-37-42(30-43(38)50(41)35-22-19-32(20-23-35)31-13-7-5-8-14-31)49(34-16-9-6-10-17-34)40-25-21-33-15-11-12-18-36(33)44(37)40/h5-26,29-30H,27-28H2,1-4H3. The van der Waals surface area contributed by atoms with Crippen LogP contribution in [0.5, 0.6) is 0 Å². The zero-order chi connectivity index (χ0) is 33.8. The Morgan fingerprint density at radius 1 is 0.420 bits per heavy atom. The highest BCUT2D eigenvalue weighted by Crippen LogP contribution is 2.51. The molecule has 0 unspecified atom stereocenters. The molecule has 2 heteroatoms. The van der Waals surface area contributed by atoms with Gasteiger partial charge in [0.15, 0.2) is 0 Å². The third-order valence-electron chi connectivity index (χ3n) is 11.7. The van der Waals surface area contributed by atoms with Crippen molar-refractivity contribution in [2.45, 2.75) is 51.4 Å². The van der Waals surface area contributed by atoms with Crippen LogP contribution in [0.25, 0.3) is 76.9 Å². The molecule has 0 fully saturated rings. The molecule has 0 bridgehead atoms. The zero-order valence-electron chi connectivity index (χ0n) is 29.2. The average Bonchev–Trinajstić information content (AvgIpc) is 3.65. The summed E-state index contributed by atoms with van der Waals surface area (Å²) >= 11 is 0. The highest BCUT2D eigenvalue weighted by molar-refractivity contribution is 6.25. The number of hydrogen-bond acceptors (Lipinski definition) is 0. The Hall–Kier alpha value is -5.60. The lowest BCUT2D eigenvalue weighted by Crippen LogP contribution is -2.34. The van der Waals surface area contributed by atoms with E-state index in [4.69, 9.17) is 0 Å². The van der Waals surface area contributed by atoms with E-state index in [1.807, 2.05) is 0 Å². The summed E-state index contributed by atoms with van der Waals surface area (Å²) in [6, 6.07) is 54.0. The Bertz CT molecular complexity index is 2780. The number of rotatable bonds is 3. The van der Waals surface area contributed by atoms with Crippen molar-refractivity contribution >= 4 is 54.4 Å². The van der Waals surface area contributed by atoms with Gasteiger partial charge >= 0.3 is 0 Å². The van der Waals surface area contributed by atoms with Crippen LogP contribution in [-0.4, -0.2) is 9.13 Å². The Kier molecular flexibility index (Phi) is 6.13. The first-order valence-corrected chi connectivity index (χ1v) is 18.0. The fourth-order valence-electron chi connectivity index (χ4n) is 9.11. The van der Waals surface area contributed by atoms with Gasteiger partial charge in [0.2, 0.25) is 0 Å². The van der Waals surface area contributed by atoms with E-state index in [1.54, 1.807) is 0 Å². The summed E-state index contributed by atoms with van der Waals surface area (Å²) in [6.07, 6.45) is 2.36. The number of benzene rings is 7. The molecule has 2 nitrogen and oxygen atoms in total. The molecule has 50 heavy (non-hydrogen) atoms. The monoisotopic (exact) mass is 644 g/mol. The van der Waals surface area contributed by atoms with E-state index in [2.05, 4.69) is 182 Å². The molecule has 2 heterocycles. The number of para-hydroxylation sites is 1. The van der Waals surface area contributed by atoms with Crippen LogP contribution in [0.1, 0.15) is 51.7 Å². The molecule has 1 aliphatic rings. The van der Waals surface area contributed by atoms with Gasteiger partial charge in [-0.25, -0.2) is 0 Å². The van der Waals surface area contributed by atoms with Gasteiger partial charge in [0, 0.05) is 32.9 Å². The second-order valence-corrected chi connectivity index (χ2v) is 15.6. The van der Waals surface area contributed by atoms with Gasteiger partial charge in [-0.1, -0.05) is 125 Å². The van der Waals surface area contributed by atoms with Gasteiger partial charge in [-0.15, -0.1) is 0 Å². The molecule has 0 saturated carbocycles. The average molecular weight is 645 g/mol. The molecule has 0 atom stereocenters. The van der Waals surface area contributed by atoms with Crippen molar-refractivity contribution in [3.63, 3.8) is 0 Å². The van der Waals surface area contributed by atoms with Crippen molar-refractivity contribution < 1.29 is 0 Å². The largest absolute Gasteiger partial charge is 0.309 e. The van der Waals surface area contributed by atoms with Crippen molar-refractivity contribution in [3.05, 3.63) is 157 Å². The minimum atomic E-state index is 0.0559. The van der Waals surface area contributed by atoms with E-state index < -0.39 is 0 Å². The molecule has 0 saturated heterocycles. The highest BCUT2D eigenvalue weighted by Gasteiger charge is 2.39. The zero-order valence-corrected chi connectivity index (χ0v) is 29.2. The normalized spacial score (nSPS) is 15.4. The maximum Gasteiger partial charge on any atom is 0.0562 e. The molecule has 0 aliphatic heterocycles. The van der Waals surface area contributed by atoms with Gasteiger partial charge in [-0.3, -0.25) is 0 Å². The van der Waals surface area contributed by atoms with Crippen LogP contribution in [0, 0.1) is 0 Å². The Morgan fingerprint density at radius 2 is 0.980 bits per heavy atom. The van der Waals surface area contributed by atoms with E-state index in [0.29, 0.717) is 0 Å². The fraction of sp³-hybridized carbons (Fsp3) is 0.167. The van der Waals surface area contributed by atoms with Gasteiger partial charge < -0.3 is 9.13 Å². The van der Waals surface area contributed by atoms with Crippen LogP contribution in [0.15, 0.2) is 146 Å². The molecule has 0 radical (unpaired) electrons. The second kappa shape index (κ2) is 10.5. The maximum absolute atomic E-state index is 2.54. The first kappa shape index (κ1) is 29.3. The molecular weight excluding hydrogens is 605 g/mol. The third kappa shape index (κ3) is 4.15. The summed E-state index contributed by atoms with van der Waals surface area (Å²) in [5.74, 6) is 0. The predicted octanol–water partition coefficient (Wildman–Crippen LogP) is 13.0. The summed E-state index contributed by atoms with van der Waals surface area (Å²) in [4.78, 5) is 0. The molecule has 2 aromatic heterocycles. The molecule has 0 N–H and O–H groups in total. The van der Waals surface area contributed by atoms with Gasteiger partial charge in [0.05, 0.1) is 22.1 Å². The number of nitrogens with zero attached hydrogens (tertiary/aromatic N) is 2. The smallest absolute Gasteiger partial charge is 0.0562 e. The fourth-order valence-corrected chi connectivity index (χ4v) is 9.11. The van der Waals surface area contributed by atoms with E-state index in [-0.39, 0.29) is 10.8 Å². The van der Waals surface area contributed by atoms with Crippen molar-refractivity contribution in [3.8, 4) is 22.5 Å². The third-order valence-corrected chi connectivity index (χ3v) is 11.7. The van der Waals surface area contributed by atoms with Gasteiger partial charge in [-0.05, 0) is 105 Å². The summed E-state index contributed by atoms with van der Waals surface area (Å²) in [5, 5.41) is 7.94. The summed E-state index contributed by atoms with van der Waals surface area (Å²) in [5.41, 5.74) is 13.0. The van der Waals surface area contributed by atoms with Crippen molar-refractivity contribution in [1.82, 2.24) is 9.13 Å². The Balaban J connectivity index is 1.39. The van der Waals surface area contributed by atoms with E-state index in [9.17, 15) is 0 Å². The van der Waals surface area contributed by atoms with Crippen molar-refractivity contribution in [2.75, 3.05) is 0 Å². The van der Waals surface area contributed by atoms with Crippen LogP contribution in [0.2, 0.25) is 0 Å². The SMILES string of the molecule is CC1(C)CCC(C)(C)c2c1ccc1c2c2cc3c4c5ccccc5ccc4n(-c4ccccc4)c3cc2n1-c1ccc(-c2ccccc2)cc1. The van der Waals surface area contributed by atoms with E-state index >= 15 is 0 Å². The quantitative estimate of drug-likeness (QED) is 0.181. The molecule has 1 aliphatic carbocycles. The lowest BCUT2D eigenvalue weighted by Gasteiger charge is -2.42. The van der Waals surface area contributed by atoms with Crippen LogP contribution in [-0.2, 0) is 10.8 Å². The van der Waals surface area contributed by atoms with Gasteiger partial charge in [0.25, 0.3) is 0 Å². The molecular formula is C48H40N2. The minimum Gasteiger partial charge on any atom is -0.309 e. The van der Waals surface area contributed by atoms with Crippen molar-refractivity contribution in [2.24, 2.45) is 0 Å². The first-order valence-electron chi connectivity index (χ1n) is 18.0. The number of fused-ring (bicyclic) bond motifs is 10. The topological polar surface area (TPSA) is 9.86 Å². The number of hydrogen-bond donors (Lipinski definition) is 0. The molecule has 9 aromatic rings. The van der Waals surface area contributed by atoms with E-state index in [0.717, 1.165) is 0 Å². The van der Waals surface area contributed by atoms with Crippen LogP contribution < -0.4 is 0 Å². The maximum atomic E-state index is 2.54. The lowest BCUT2D eigenvalue weighted by molar-refractivity contribution is 0.334. The van der Waals surface area contributed by atoms with E-state index in [1.165, 1.54) is 101 Å². The van der Waals surface area contributed by atoms with Crippen LogP contribution in [0.3, 0.4) is 0 Å². The molecule has 0 amide bonds. The van der Waals surface area contributed by atoms with Gasteiger partial charge in [0.1, 0.15) is 0 Å². The Morgan fingerprint density at radius 3 is 1.72 bits per heavy atom. The number of aromatic nitrogens is 2. The summed E-state index contributed by atoms with van der Waals surface area (Å²) in [6.45, 7) is 9.80. The molecule has 242 valence electrons.